The van der Waals surface area contributed by atoms with Crippen LogP contribution in [0.5, 0.6) is 0 Å². The number of nitrogens with zero attached hydrogens (tertiary/aromatic N) is 1. The molecule has 2 aromatic rings. The summed E-state index contributed by atoms with van der Waals surface area (Å²) < 4.78 is 0. The van der Waals surface area contributed by atoms with Crippen LogP contribution in [0.4, 0.5) is 11.4 Å². The minimum atomic E-state index is -0.448. The molecule has 0 amide bonds. The maximum Gasteiger partial charge on any atom is 0.292 e. The van der Waals surface area contributed by atoms with Gasteiger partial charge in [-0.05, 0) is 17.2 Å². The van der Waals surface area contributed by atoms with Crippen molar-refractivity contribution in [1.82, 2.24) is 0 Å². The summed E-state index contributed by atoms with van der Waals surface area (Å²) in [4.78, 5) is 10.4. The summed E-state index contributed by atoms with van der Waals surface area (Å²) >= 11 is 0. The predicted molar refractivity (Wildman–Crippen MR) is 71.5 cm³/mol. The van der Waals surface area contributed by atoms with E-state index >= 15 is 0 Å². The Morgan fingerprint density at radius 2 is 1.78 bits per heavy atom. The van der Waals surface area contributed by atoms with Crippen LogP contribution in [-0.4, -0.2) is 4.92 Å². The lowest BCUT2D eigenvalue weighted by Crippen LogP contribution is -2.00. The van der Waals surface area contributed by atoms with Crippen LogP contribution in [0.3, 0.4) is 0 Å². The van der Waals surface area contributed by atoms with Gasteiger partial charge >= 0.3 is 0 Å². The molecule has 0 heterocycles. The Morgan fingerprint density at radius 3 is 2.39 bits per heavy atom. The second-order valence-electron chi connectivity index (χ2n) is 4.21. The Kier molecular flexibility index (Phi) is 3.28. The third-order valence-corrected chi connectivity index (χ3v) is 3.05. The van der Waals surface area contributed by atoms with Crippen molar-refractivity contribution in [2.75, 3.05) is 5.73 Å². The van der Waals surface area contributed by atoms with Gasteiger partial charge in [0.05, 0.1) is 4.92 Å². The molecule has 0 aliphatic heterocycles. The Hall–Kier alpha value is -2.36. The molecule has 92 valence electrons. The molecule has 2 N–H and O–H groups in total. The standard InChI is InChI=1S/C14H14N2O2/c1-10(11-5-3-2-4-6-11)12-7-8-13(15)14(9-12)16(17)18/h2-10H,15H2,1H3. The first-order valence-electron chi connectivity index (χ1n) is 5.68. The lowest BCUT2D eigenvalue weighted by Gasteiger charge is -2.12. The highest BCUT2D eigenvalue weighted by molar-refractivity contribution is 5.60. The average molecular weight is 242 g/mol. The molecule has 4 heteroatoms. The molecule has 2 aromatic carbocycles. The Morgan fingerprint density at radius 1 is 1.11 bits per heavy atom. The molecule has 0 aliphatic carbocycles. The van der Waals surface area contributed by atoms with Crippen molar-refractivity contribution in [2.45, 2.75) is 12.8 Å². The molecular formula is C14H14N2O2. The Labute approximate surface area is 105 Å². The van der Waals surface area contributed by atoms with Crippen LogP contribution < -0.4 is 5.73 Å². The zero-order chi connectivity index (χ0) is 13.1. The van der Waals surface area contributed by atoms with Crippen molar-refractivity contribution in [2.24, 2.45) is 0 Å². The smallest absolute Gasteiger partial charge is 0.292 e. The molecule has 1 atom stereocenters. The van der Waals surface area contributed by atoms with Crippen molar-refractivity contribution < 1.29 is 4.92 Å². The first kappa shape index (κ1) is 12.1. The van der Waals surface area contributed by atoms with Gasteiger partial charge in [0.2, 0.25) is 0 Å². The quantitative estimate of drug-likeness (QED) is 0.510. The highest BCUT2D eigenvalue weighted by Crippen LogP contribution is 2.29. The van der Waals surface area contributed by atoms with Crippen molar-refractivity contribution in [3.8, 4) is 0 Å². The van der Waals surface area contributed by atoms with E-state index in [4.69, 9.17) is 5.73 Å². The van der Waals surface area contributed by atoms with Crippen LogP contribution in [0.25, 0.3) is 0 Å². The average Bonchev–Trinajstić information content (AvgIpc) is 2.39. The van der Waals surface area contributed by atoms with Crippen LogP contribution in [0.2, 0.25) is 0 Å². The molecule has 0 saturated heterocycles. The molecule has 0 aliphatic rings. The van der Waals surface area contributed by atoms with E-state index < -0.39 is 4.92 Å². The van der Waals surface area contributed by atoms with Gasteiger partial charge < -0.3 is 5.73 Å². The maximum absolute atomic E-state index is 10.9. The number of nitrogen functional groups attached to an aromatic ring is 1. The van der Waals surface area contributed by atoms with Gasteiger partial charge in [0.1, 0.15) is 5.69 Å². The highest BCUT2D eigenvalue weighted by Gasteiger charge is 2.15. The summed E-state index contributed by atoms with van der Waals surface area (Å²) in [6, 6.07) is 14.8. The summed E-state index contributed by atoms with van der Waals surface area (Å²) in [5.41, 5.74) is 7.77. The largest absolute Gasteiger partial charge is 0.393 e. The SMILES string of the molecule is CC(c1ccccc1)c1ccc(N)c([N+](=O)[O-])c1. The van der Waals surface area contributed by atoms with Gasteiger partial charge in [-0.15, -0.1) is 0 Å². The van der Waals surface area contributed by atoms with E-state index in [2.05, 4.69) is 0 Å². The van der Waals surface area contributed by atoms with Gasteiger partial charge in [-0.25, -0.2) is 0 Å². The number of anilines is 1. The summed E-state index contributed by atoms with van der Waals surface area (Å²) in [6.45, 7) is 2.02. The third kappa shape index (κ3) is 2.32. The zero-order valence-corrected chi connectivity index (χ0v) is 10.0. The van der Waals surface area contributed by atoms with Crippen LogP contribution in [0.1, 0.15) is 24.0 Å². The topological polar surface area (TPSA) is 69.2 Å². The van der Waals surface area contributed by atoms with Gasteiger partial charge in [0, 0.05) is 12.0 Å². The number of nitrogens with two attached hydrogens (primary N) is 1. The van der Waals surface area contributed by atoms with Gasteiger partial charge in [0.15, 0.2) is 0 Å². The summed E-state index contributed by atoms with van der Waals surface area (Å²) in [5, 5.41) is 10.9. The third-order valence-electron chi connectivity index (χ3n) is 3.05. The molecule has 0 fully saturated rings. The fourth-order valence-corrected chi connectivity index (χ4v) is 1.92. The van der Waals surface area contributed by atoms with E-state index in [1.165, 1.54) is 0 Å². The number of rotatable bonds is 3. The molecule has 0 spiro atoms. The lowest BCUT2D eigenvalue weighted by atomic mass is 9.93. The van der Waals surface area contributed by atoms with Crippen molar-refractivity contribution >= 4 is 11.4 Å². The first-order valence-corrected chi connectivity index (χ1v) is 5.68. The normalized spacial score (nSPS) is 12.1. The fraction of sp³-hybridized carbons (Fsp3) is 0.143. The number of hydrogen-bond acceptors (Lipinski definition) is 3. The summed E-state index contributed by atoms with van der Waals surface area (Å²) in [5.74, 6) is 0.102. The van der Waals surface area contributed by atoms with Crippen LogP contribution in [0, 0.1) is 10.1 Å². The Balaban J connectivity index is 2.40. The van der Waals surface area contributed by atoms with Crippen LogP contribution >= 0.6 is 0 Å². The first-order chi connectivity index (χ1) is 8.59. The number of nitro benzene ring substituents is 1. The minimum absolute atomic E-state index is 0.0321. The van der Waals surface area contributed by atoms with Gasteiger partial charge in [-0.2, -0.15) is 0 Å². The second kappa shape index (κ2) is 4.87. The van der Waals surface area contributed by atoms with E-state index in [0.717, 1.165) is 11.1 Å². The number of benzene rings is 2. The molecule has 0 bridgehead atoms. The molecule has 0 aromatic heterocycles. The molecule has 0 radical (unpaired) electrons. The van der Waals surface area contributed by atoms with Crippen molar-refractivity contribution in [1.29, 1.82) is 0 Å². The van der Waals surface area contributed by atoms with E-state index in [-0.39, 0.29) is 17.3 Å². The van der Waals surface area contributed by atoms with E-state index in [0.29, 0.717) is 0 Å². The van der Waals surface area contributed by atoms with E-state index in [9.17, 15) is 10.1 Å². The molecule has 2 rings (SSSR count). The van der Waals surface area contributed by atoms with Crippen LogP contribution in [0.15, 0.2) is 48.5 Å². The lowest BCUT2D eigenvalue weighted by molar-refractivity contribution is -0.384. The predicted octanol–water partition coefficient (Wildman–Crippen LogP) is 3.33. The van der Waals surface area contributed by atoms with E-state index in [1.807, 2.05) is 43.3 Å². The zero-order valence-electron chi connectivity index (χ0n) is 10.0. The van der Waals surface area contributed by atoms with Gasteiger partial charge in [0.25, 0.3) is 5.69 Å². The Bertz CT molecular complexity index is 567. The monoisotopic (exact) mass is 242 g/mol. The molecule has 0 saturated carbocycles. The molecular weight excluding hydrogens is 228 g/mol. The minimum Gasteiger partial charge on any atom is -0.393 e. The molecule has 4 nitrogen and oxygen atoms in total. The van der Waals surface area contributed by atoms with Gasteiger partial charge in [-0.1, -0.05) is 43.3 Å². The molecule has 18 heavy (non-hydrogen) atoms. The summed E-state index contributed by atoms with van der Waals surface area (Å²) in [6.07, 6.45) is 0. The highest BCUT2D eigenvalue weighted by atomic mass is 16.6. The van der Waals surface area contributed by atoms with Crippen molar-refractivity contribution in [3.63, 3.8) is 0 Å². The summed E-state index contributed by atoms with van der Waals surface area (Å²) in [7, 11) is 0. The number of hydrogen-bond donors (Lipinski definition) is 1. The van der Waals surface area contributed by atoms with E-state index in [1.54, 1.807) is 12.1 Å². The van der Waals surface area contributed by atoms with Crippen molar-refractivity contribution in [3.05, 3.63) is 69.8 Å². The van der Waals surface area contributed by atoms with Gasteiger partial charge in [-0.3, -0.25) is 10.1 Å². The fourth-order valence-electron chi connectivity index (χ4n) is 1.92. The number of nitro groups is 1. The second-order valence-corrected chi connectivity index (χ2v) is 4.21. The molecule has 1 unspecified atom stereocenters. The maximum atomic E-state index is 10.9. The van der Waals surface area contributed by atoms with Crippen LogP contribution in [-0.2, 0) is 0 Å².